The molecule has 178 valence electrons. The van der Waals surface area contributed by atoms with Gasteiger partial charge in [0.25, 0.3) is 0 Å². The van der Waals surface area contributed by atoms with Crippen molar-refractivity contribution in [1.29, 1.82) is 0 Å². The number of nitrogens with one attached hydrogen (secondary N) is 1. The van der Waals surface area contributed by atoms with Gasteiger partial charge in [-0.05, 0) is 46.7 Å². The molecule has 0 saturated carbocycles. The fraction of sp³-hybridized carbons (Fsp3) is 0.172. The Morgan fingerprint density at radius 3 is 2.11 bits per heavy atom. The van der Waals surface area contributed by atoms with Crippen molar-refractivity contribution in [2.75, 3.05) is 6.54 Å². The molecule has 1 heterocycles. The van der Waals surface area contributed by atoms with Crippen molar-refractivity contribution in [2.45, 2.75) is 25.4 Å². The van der Waals surface area contributed by atoms with Crippen molar-refractivity contribution in [3.8, 4) is 0 Å². The van der Waals surface area contributed by atoms with Crippen molar-refractivity contribution in [3.05, 3.63) is 130 Å². The van der Waals surface area contributed by atoms with Gasteiger partial charge in [-0.1, -0.05) is 78.9 Å². The third kappa shape index (κ3) is 6.87. The summed E-state index contributed by atoms with van der Waals surface area (Å²) in [5.41, 5.74) is 2.60. The summed E-state index contributed by atoms with van der Waals surface area (Å²) in [6.45, 7) is 0.692. The molecule has 0 aliphatic heterocycles. The molecule has 0 bridgehead atoms. The molecule has 0 unspecified atom stereocenters. The Bertz CT molecular complexity index is 1210. The predicted molar refractivity (Wildman–Crippen MR) is 137 cm³/mol. The number of halogens is 1. The second kappa shape index (κ2) is 12.1. The first-order valence-electron chi connectivity index (χ1n) is 11.5. The number of benzene rings is 3. The number of rotatable bonds is 10. The van der Waals surface area contributed by atoms with Crippen LogP contribution < -0.4 is 5.32 Å². The molecule has 4 rings (SSSR count). The lowest BCUT2D eigenvalue weighted by molar-refractivity contribution is -0.140. The minimum absolute atomic E-state index is 0.146. The van der Waals surface area contributed by atoms with E-state index in [-0.39, 0.29) is 18.2 Å². The number of nitrogens with zero attached hydrogens (tertiary/aromatic N) is 1. The molecule has 1 aromatic heterocycles. The van der Waals surface area contributed by atoms with Gasteiger partial charge in [-0.25, -0.2) is 4.39 Å². The highest BCUT2D eigenvalue weighted by molar-refractivity contribution is 7.10. The molecule has 2 amide bonds. The highest BCUT2D eigenvalue weighted by atomic mass is 32.1. The Hall–Kier alpha value is -3.77. The molecule has 1 N–H and O–H groups in total. The van der Waals surface area contributed by atoms with E-state index in [1.165, 1.54) is 23.5 Å². The zero-order valence-electron chi connectivity index (χ0n) is 19.3. The third-order valence-corrected chi connectivity index (χ3v) is 6.64. The number of amides is 2. The average molecular weight is 487 g/mol. The van der Waals surface area contributed by atoms with Crippen LogP contribution in [0.4, 0.5) is 4.39 Å². The first kappa shape index (κ1) is 24.4. The van der Waals surface area contributed by atoms with Gasteiger partial charge < -0.3 is 10.2 Å². The minimum atomic E-state index is -0.879. The van der Waals surface area contributed by atoms with Crippen LogP contribution in [-0.4, -0.2) is 23.3 Å². The second-order valence-corrected chi connectivity index (χ2v) is 9.27. The highest BCUT2D eigenvalue weighted by Gasteiger charge is 2.31. The lowest BCUT2D eigenvalue weighted by Crippen LogP contribution is -2.45. The molecule has 0 fully saturated rings. The molecule has 4 nitrogen and oxygen atoms in total. The summed E-state index contributed by atoms with van der Waals surface area (Å²) in [7, 11) is 0. The normalized spacial score (nSPS) is 11.6. The molecule has 6 heteroatoms. The zero-order chi connectivity index (χ0) is 24.5. The van der Waals surface area contributed by atoms with Gasteiger partial charge in [-0.2, -0.15) is 0 Å². The smallest absolute Gasteiger partial charge is 0.247 e. The standard InChI is InChI=1S/C29H27FN2O2S/c30-25-15-13-24(14-16-25)28(29(34)31-21-23-10-5-2-6-11-23)32(18-17-22-8-3-1-4-9-22)27(33)20-26-12-7-19-35-26/h1-16,19,28H,17-18,20-21H2,(H,31,34)/t28-/m1/s1. The molecule has 0 aliphatic carbocycles. The topological polar surface area (TPSA) is 49.4 Å². The molecule has 0 radical (unpaired) electrons. The second-order valence-electron chi connectivity index (χ2n) is 8.24. The minimum Gasteiger partial charge on any atom is -0.350 e. The van der Waals surface area contributed by atoms with Gasteiger partial charge in [0.15, 0.2) is 0 Å². The fourth-order valence-electron chi connectivity index (χ4n) is 3.96. The third-order valence-electron chi connectivity index (χ3n) is 5.77. The van der Waals surface area contributed by atoms with Crippen LogP contribution in [0.5, 0.6) is 0 Å². The van der Waals surface area contributed by atoms with Crippen LogP contribution in [0, 0.1) is 5.82 Å². The van der Waals surface area contributed by atoms with E-state index in [1.807, 2.05) is 78.2 Å². The van der Waals surface area contributed by atoms with Crippen LogP contribution in [0.2, 0.25) is 0 Å². The number of hydrogen-bond acceptors (Lipinski definition) is 3. The number of hydrogen-bond donors (Lipinski definition) is 1. The molecule has 0 saturated heterocycles. The maximum absolute atomic E-state index is 13.7. The van der Waals surface area contributed by atoms with E-state index in [1.54, 1.807) is 17.0 Å². The van der Waals surface area contributed by atoms with Crippen molar-refractivity contribution in [2.24, 2.45) is 0 Å². The van der Waals surface area contributed by atoms with Crippen LogP contribution in [0.15, 0.2) is 102 Å². The van der Waals surface area contributed by atoms with Gasteiger partial charge >= 0.3 is 0 Å². The Kier molecular flexibility index (Phi) is 8.41. The molecular formula is C29H27FN2O2S. The van der Waals surface area contributed by atoms with Crippen molar-refractivity contribution >= 4 is 23.2 Å². The van der Waals surface area contributed by atoms with Crippen molar-refractivity contribution in [3.63, 3.8) is 0 Å². The predicted octanol–water partition coefficient (Wildman–Crippen LogP) is 5.56. The fourth-order valence-corrected chi connectivity index (χ4v) is 4.65. The van der Waals surface area contributed by atoms with Gasteiger partial charge in [0.2, 0.25) is 11.8 Å². The van der Waals surface area contributed by atoms with Crippen LogP contribution >= 0.6 is 11.3 Å². The summed E-state index contributed by atoms with van der Waals surface area (Å²) in [6, 6.07) is 28.2. The summed E-state index contributed by atoms with van der Waals surface area (Å²) in [5, 5.41) is 4.91. The Balaban J connectivity index is 1.63. The first-order valence-corrected chi connectivity index (χ1v) is 12.4. The summed E-state index contributed by atoms with van der Waals surface area (Å²) < 4.78 is 13.7. The molecule has 0 spiro atoms. The summed E-state index contributed by atoms with van der Waals surface area (Å²) in [6.07, 6.45) is 0.802. The summed E-state index contributed by atoms with van der Waals surface area (Å²) >= 11 is 1.51. The van der Waals surface area contributed by atoms with Crippen molar-refractivity contribution < 1.29 is 14.0 Å². The van der Waals surface area contributed by atoms with Gasteiger partial charge in [-0.3, -0.25) is 9.59 Å². The molecular weight excluding hydrogens is 459 g/mol. The van der Waals surface area contributed by atoms with E-state index < -0.39 is 11.9 Å². The van der Waals surface area contributed by atoms with E-state index in [0.29, 0.717) is 25.1 Å². The van der Waals surface area contributed by atoms with E-state index in [0.717, 1.165) is 16.0 Å². The molecule has 0 aliphatic rings. The summed E-state index contributed by atoms with van der Waals surface area (Å²) in [5.74, 6) is -0.835. The lowest BCUT2D eigenvalue weighted by Gasteiger charge is -2.31. The number of carbonyl (C=O) groups excluding carboxylic acids is 2. The van der Waals surface area contributed by atoms with E-state index in [2.05, 4.69) is 5.32 Å². The van der Waals surface area contributed by atoms with Crippen LogP contribution in [-0.2, 0) is 29.0 Å². The molecule has 1 atom stereocenters. The Morgan fingerprint density at radius 1 is 0.829 bits per heavy atom. The van der Waals surface area contributed by atoms with E-state index in [9.17, 15) is 14.0 Å². The maximum atomic E-state index is 13.7. The number of thiophene rings is 1. The Labute approximate surface area is 209 Å². The molecule has 3 aromatic carbocycles. The first-order chi connectivity index (χ1) is 17.1. The van der Waals surface area contributed by atoms with Gasteiger partial charge in [0, 0.05) is 18.0 Å². The van der Waals surface area contributed by atoms with Gasteiger partial charge in [0.05, 0.1) is 6.42 Å². The highest BCUT2D eigenvalue weighted by Crippen LogP contribution is 2.24. The van der Waals surface area contributed by atoms with Crippen LogP contribution in [0.25, 0.3) is 0 Å². The van der Waals surface area contributed by atoms with E-state index in [4.69, 9.17) is 0 Å². The van der Waals surface area contributed by atoms with Gasteiger partial charge in [-0.15, -0.1) is 11.3 Å². The van der Waals surface area contributed by atoms with E-state index >= 15 is 0 Å². The Morgan fingerprint density at radius 2 is 1.49 bits per heavy atom. The van der Waals surface area contributed by atoms with Crippen LogP contribution in [0.1, 0.15) is 27.6 Å². The SMILES string of the molecule is O=C(NCc1ccccc1)[C@@H](c1ccc(F)cc1)N(CCc1ccccc1)C(=O)Cc1cccs1. The summed E-state index contributed by atoms with van der Waals surface area (Å²) in [4.78, 5) is 29.7. The maximum Gasteiger partial charge on any atom is 0.247 e. The monoisotopic (exact) mass is 486 g/mol. The average Bonchev–Trinajstić information content (AvgIpc) is 3.40. The molecule has 4 aromatic rings. The number of carbonyl (C=O) groups is 2. The molecule has 35 heavy (non-hydrogen) atoms. The van der Waals surface area contributed by atoms with Crippen LogP contribution in [0.3, 0.4) is 0 Å². The van der Waals surface area contributed by atoms with Gasteiger partial charge in [0.1, 0.15) is 11.9 Å². The quantitative estimate of drug-likeness (QED) is 0.319. The lowest BCUT2D eigenvalue weighted by atomic mass is 10.0. The van der Waals surface area contributed by atoms with Crippen molar-refractivity contribution in [1.82, 2.24) is 10.2 Å². The zero-order valence-corrected chi connectivity index (χ0v) is 20.1. The largest absolute Gasteiger partial charge is 0.350 e.